The second-order valence-corrected chi connectivity index (χ2v) is 4.92. The fourth-order valence-electron chi connectivity index (χ4n) is 2.61. The molecule has 0 bridgehead atoms. The van der Waals surface area contributed by atoms with Crippen LogP contribution in [-0.2, 0) is 11.2 Å². The molecule has 0 fully saturated rings. The maximum absolute atomic E-state index is 13.2. The molecule has 0 radical (unpaired) electrons. The molecule has 2 aromatic rings. The Morgan fingerprint density at radius 1 is 1.21 bits per heavy atom. The number of rotatable bonds is 2. The van der Waals surface area contributed by atoms with Gasteiger partial charge in [0.05, 0.1) is 5.92 Å². The van der Waals surface area contributed by atoms with E-state index in [9.17, 15) is 9.18 Å². The van der Waals surface area contributed by atoms with Crippen LogP contribution in [0.15, 0.2) is 42.5 Å². The standard InChI is InChI=1S/C16H14FNO/c1-10-4-2-7-13-14(16(19)18-15(10)13)9-11-5-3-6-12(17)8-11/h2-8,14H,9H2,1H3,(H,18,19)/t14-/m1/s1. The third-order valence-electron chi connectivity index (χ3n) is 3.57. The van der Waals surface area contributed by atoms with Crippen LogP contribution in [0.3, 0.4) is 0 Å². The lowest BCUT2D eigenvalue weighted by molar-refractivity contribution is -0.117. The number of benzene rings is 2. The molecule has 1 amide bonds. The van der Waals surface area contributed by atoms with Crippen LogP contribution in [0, 0.1) is 12.7 Å². The lowest BCUT2D eigenvalue weighted by Gasteiger charge is -2.09. The van der Waals surface area contributed by atoms with Gasteiger partial charge in [-0.15, -0.1) is 0 Å². The molecule has 1 atom stereocenters. The summed E-state index contributed by atoms with van der Waals surface area (Å²) < 4.78 is 13.2. The number of nitrogens with one attached hydrogen (secondary N) is 1. The van der Waals surface area contributed by atoms with Gasteiger partial charge in [0.1, 0.15) is 5.82 Å². The van der Waals surface area contributed by atoms with Gasteiger partial charge < -0.3 is 5.32 Å². The minimum absolute atomic E-state index is 0.00596. The molecule has 0 saturated carbocycles. The van der Waals surface area contributed by atoms with Crippen molar-refractivity contribution in [1.29, 1.82) is 0 Å². The molecule has 1 aliphatic heterocycles. The van der Waals surface area contributed by atoms with Crippen molar-refractivity contribution in [2.75, 3.05) is 5.32 Å². The van der Waals surface area contributed by atoms with Crippen LogP contribution in [-0.4, -0.2) is 5.91 Å². The number of hydrogen-bond donors (Lipinski definition) is 1. The summed E-state index contributed by atoms with van der Waals surface area (Å²) in [4.78, 5) is 12.1. The first kappa shape index (κ1) is 11.9. The lowest BCUT2D eigenvalue weighted by atomic mass is 9.92. The summed E-state index contributed by atoms with van der Waals surface area (Å²) in [6, 6.07) is 12.3. The largest absolute Gasteiger partial charge is 0.325 e. The first-order valence-corrected chi connectivity index (χ1v) is 6.30. The average molecular weight is 255 g/mol. The molecular formula is C16H14FNO. The van der Waals surface area contributed by atoms with Gasteiger partial charge >= 0.3 is 0 Å². The van der Waals surface area contributed by atoms with E-state index >= 15 is 0 Å². The maximum Gasteiger partial charge on any atom is 0.232 e. The number of anilines is 1. The van der Waals surface area contributed by atoms with Gasteiger partial charge in [0.25, 0.3) is 0 Å². The van der Waals surface area contributed by atoms with E-state index in [1.807, 2.05) is 31.2 Å². The second-order valence-electron chi connectivity index (χ2n) is 4.92. The van der Waals surface area contributed by atoms with E-state index in [1.165, 1.54) is 12.1 Å². The molecule has 2 aromatic carbocycles. The number of halogens is 1. The van der Waals surface area contributed by atoms with Crippen LogP contribution >= 0.6 is 0 Å². The van der Waals surface area contributed by atoms with Crippen molar-refractivity contribution in [3.8, 4) is 0 Å². The Kier molecular flexibility index (Phi) is 2.82. The van der Waals surface area contributed by atoms with E-state index in [2.05, 4.69) is 5.32 Å². The second kappa shape index (κ2) is 4.50. The van der Waals surface area contributed by atoms with E-state index in [0.717, 1.165) is 22.4 Å². The van der Waals surface area contributed by atoms with Crippen molar-refractivity contribution in [2.45, 2.75) is 19.3 Å². The average Bonchev–Trinajstić information content (AvgIpc) is 2.69. The van der Waals surface area contributed by atoms with E-state index in [1.54, 1.807) is 6.07 Å². The molecule has 0 unspecified atom stereocenters. The van der Waals surface area contributed by atoms with Gasteiger partial charge in [-0.2, -0.15) is 0 Å². The first-order valence-electron chi connectivity index (χ1n) is 6.30. The summed E-state index contributed by atoms with van der Waals surface area (Å²) in [5.74, 6) is -0.495. The molecule has 0 saturated heterocycles. The zero-order chi connectivity index (χ0) is 13.4. The van der Waals surface area contributed by atoms with Crippen molar-refractivity contribution in [1.82, 2.24) is 0 Å². The summed E-state index contributed by atoms with van der Waals surface area (Å²) in [7, 11) is 0. The molecule has 96 valence electrons. The number of hydrogen-bond acceptors (Lipinski definition) is 1. The SMILES string of the molecule is Cc1cccc2c1NC(=O)[C@@H]2Cc1cccc(F)c1. The molecule has 19 heavy (non-hydrogen) atoms. The Hall–Kier alpha value is -2.16. The zero-order valence-electron chi connectivity index (χ0n) is 10.6. The predicted octanol–water partition coefficient (Wildman–Crippen LogP) is 3.41. The summed E-state index contributed by atoms with van der Waals surface area (Å²) in [6.07, 6.45) is 0.528. The number of carbonyl (C=O) groups is 1. The number of amides is 1. The van der Waals surface area contributed by atoms with Crippen LogP contribution < -0.4 is 5.32 Å². The van der Waals surface area contributed by atoms with Gasteiger partial charge in [-0.3, -0.25) is 4.79 Å². The highest BCUT2D eigenvalue weighted by atomic mass is 19.1. The Labute approximate surface area is 111 Å². The molecule has 0 aromatic heterocycles. The van der Waals surface area contributed by atoms with Crippen molar-refractivity contribution < 1.29 is 9.18 Å². The summed E-state index contributed by atoms with van der Waals surface area (Å²) in [5.41, 5.74) is 3.82. The van der Waals surface area contributed by atoms with Crippen LogP contribution in [0.2, 0.25) is 0 Å². The molecule has 3 heteroatoms. The Morgan fingerprint density at radius 2 is 2.00 bits per heavy atom. The third-order valence-corrected chi connectivity index (χ3v) is 3.57. The highest BCUT2D eigenvalue weighted by molar-refractivity contribution is 6.03. The summed E-state index contributed by atoms with van der Waals surface area (Å²) >= 11 is 0. The fraction of sp³-hybridized carbons (Fsp3) is 0.188. The van der Waals surface area contributed by atoms with Gasteiger partial charge in [-0.25, -0.2) is 4.39 Å². The van der Waals surface area contributed by atoms with Crippen molar-refractivity contribution >= 4 is 11.6 Å². The van der Waals surface area contributed by atoms with Gasteiger partial charge in [0.15, 0.2) is 0 Å². The Morgan fingerprint density at radius 3 is 2.79 bits per heavy atom. The minimum atomic E-state index is -0.264. The third kappa shape index (κ3) is 2.12. The number of para-hydroxylation sites is 1. The van der Waals surface area contributed by atoms with Gasteiger partial charge in [0, 0.05) is 5.69 Å². The number of aryl methyl sites for hydroxylation is 1. The molecule has 0 spiro atoms. The van der Waals surface area contributed by atoms with Crippen LogP contribution in [0.1, 0.15) is 22.6 Å². The van der Waals surface area contributed by atoms with Crippen molar-refractivity contribution in [2.24, 2.45) is 0 Å². The van der Waals surface area contributed by atoms with E-state index in [4.69, 9.17) is 0 Å². The minimum Gasteiger partial charge on any atom is -0.325 e. The molecule has 1 N–H and O–H groups in total. The summed E-state index contributed by atoms with van der Waals surface area (Å²) in [6.45, 7) is 1.98. The molecule has 1 heterocycles. The Balaban J connectivity index is 1.95. The van der Waals surface area contributed by atoms with E-state index in [0.29, 0.717) is 6.42 Å². The van der Waals surface area contributed by atoms with Crippen LogP contribution in [0.25, 0.3) is 0 Å². The molecule has 0 aliphatic carbocycles. The van der Waals surface area contributed by atoms with Crippen LogP contribution in [0.5, 0.6) is 0 Å². The van der Waals surface area contributed by atoms with Gasteiger partial charge in [0.2, 0.25) is 5.91 Å². The smallest absolute Gasteiger partial charge is 0.232 e. The number of carbonyl (C=O) groups excluding carboxylic acids is 1. The van der Waals surface area contributed by atoms with E-state index in [-0.39, 0.29) is 17.6 Å². The predicted molar refractivity (Wildman–Crippen MR) is 72.7 cm³/mol. The quantitative estimate of drug-likeness (QED) is 0.875. The van der Waals surface area contributed by atoms with Crippen molar-refractivity contribution in [3.63, 3.8) is 0 Å². The Bertz CT molecular complexity index is 651. The van der Waals surface area contributed by atoms with Crippen molar-refractivity contribution in [3.05, 3.63) is 65.0 Å². The first-order chi connectivity index (χ1) is 9.15. The van der Waals surface area contributed by atoms with Gasteiger partial charge in [-0.1, -0.05) is 30.3 Å². The molecule has 1 aliphatic rings. The van der Waals surface area contributed by atoms with Gasteiger partial charge in [-0.05, 0) is 42.2 Å². The maximum atomic E-state index is 13.2. The van der Waals surface area contributed by atoms with Crippen LogP contribution in [0.4, 0.5) is 10.1 Å². The summed E-state index contributed by atoms with van der Waals surface area (Å²) in [5, 5.41) is 2.92. The molecule has 2 nitrogen and oxygen atoms in total. The number of fused-ring (bicyclic) bond motifs is 1. The topological polar surface area (TPSA) is 29.1 Å². The highest BCUT2D eigenvalue weighted by Crippen LogP contribution is 2.36. The van der Waals surface area contributed by atoms with E-state index < -0.39 is 0 Å². The highest BCUT2D eigenvalue weighted by Gasteiger charge is 2.31. The lowest BCUT2D eigenvalue weighted by Crippen LogP contribution is -2.14. The zero-order valence-corrected chi connectivity index (χ0v) is 10.6. The normalized spacial score (nSPS) is 17.2. The fourth-order valence-corrected chi connectivity index (χ4v) is 2.61. The monoisotopic (exact) mass is 255 g/mol. The molecular weight excluding hydrogens is 241 g/mol. The molecule has 3 rings (SSSR count).